The maximum atomic E-state index is 13.1. The molecule has 2 unspecified atom stereocenters. The van der Waals surface area contributed by atoms with Gasteiger partial charge in [-0.2, -0.15) is 0 Å². The summed E-state index contributed by atoms with van der Waals surface area (Å²) in [5.41, 5.74) is 2.98. The van der Waals surface area contributed by atoms with E-state index >= 15 is 0 Å². The van der Waals surface area contributed by atoms with Gasteiger partial charge in [-0.25, -0.2) is 4.39 Å². The van der Waals surface area contributed by atoms with Gasteiger partial charge in [-0.3, -0.25) is 9.69 Å². The summed E-state index contributed by atoms with van der Waals surface area (Å²) in [4.78, 5) is 14.7. The van der Waals surface area contributed by atoms with Crippen LogP contribution in [0.2, 0.25) is 0 Å². The van der Waals surface area contributed by atoms with Crippen LogP contribution >= 0.6 is 0 Å². The van der Waals surface area contributed by atoms with Gasteiger partial charge in [0, 0.05) is 18.8 Å². The lowest BCUT2D eigenvalue weighted by molar-refractivity contribution is -0.124. The zero-order valence-electron chi connectivity index (χ0n) is 15.2. The first kappa shape index (κ1) is 18.5. The van der Waals surface area contributed by atoms with Crippen LogP contribution in [0.3, 0.4) is 0 Å². The van der Waals surface area contributed by atoms with Crippen LogP contribution in [-0.4, -0.2) is 36.5 Å². The first-order valence-electron chi connectivity index (χ1n) is 9.07. The number of ether oxygens (including phenoxy) is 1. The number of hydrogen-bond donors (Lipinski definition) is 1. The number of anilines is 1. The average Bonchev–Trinajstić information content (AvgIpc) is 2.68. The Bertz CT molecular complexity index is 731. The molecule has 0 aromatic heterocycles. The van der Waals surface area contributed by atoms with Gasteiger partial charge in [0.15, 0.2) is 0 Å². The highest BCUT2D eigenvalue weighted by atomic mass is 19.1. The van der Waals surface area contributed by atoms with Crippen molar-refractivity contribution in [2.24, 2.45) is 0 Å². The summed E-state index contributed by atoms with van der Waals surface area (Å²) >= 11 is 0. The van der Waals surface area contributed by atoms with Gasteiger partial charge in [0.2, 0.25) is 5.91 Å². The van der Waals surface area contributed by atoms with E-state index in [-0.39, 0.29) is 23.9 Å². The molecule has 0 bridgehead atoms. The fraction of sp³-hybridized carbons (Fsp3) is 0.381. The largest absolute Gasteiger partial charge is 0.371 e. The highest BCUT2D eigenvalue weighted by Gasteiger charge is 2.28. The Labute approximate surface area is 154 Å². The Morgan fingerprint density at radius 2 is 1.92 bits per heavy atom. The van der Waals surface area contributed by atoms with E-state index in [0.29, 0.717) is 19.7 Å². The number of amides is 1. The quantitative estimate of drug-likeness (QED) is 0.886. The van der Waals surface area contributed by atoms with E-state index in [2.05, 4.69) is 17.1 Å². The Morgan fingerprint density at radius 3 is 2.58 bits per heavy atom. The van der Waals surface area contributed by atoms with Crippen molar-refractivity contribution >= 4 is 11.6 Å². The lowest BCUT2D eigenvalue weighted by atomic mass is 10.1. The lowest BCUT2D eigenvalue weighted by Crippen LogP contribution is -2.48. The summed E-state index contributed by atoms with van der Waals surface area (Å²) < 4.78 is 18.9. The number of halogens is 1. The Hall–Kier alpha value is -2.24. The molecular weight excluding hydrogens is 331 g/mol. The zero-order chi connectivity index (χ0) is 18.5. The molecule has 2 atom stereocenters. The highest BCUT2D eigenvalue weighted by Crippen LogP contribution is 2.24. The van der Waals surface area contributed by atoms with Crippen molar-refractivity contribution in [2.45, 2.75) is 32.4 Å². The van der Waals surface area contributed by atoms with Gasteiger partial charge >= 0.3 is 0 Å². The molecule has 0 aliphatic carbocycles. The molecule has 5 heteroatoms. The normalized spacial score (nSPS) is 19.1. The third-order valence-electron chi connectivity index (χ3n) is 4.90. The van der Waals surface area contributed by atoms with E-state index in [9.17, 15) is 9.18 Å². The molecule has 1 fully saturated rings. The molecule has 1 aliphatic heterocycles. The Morgan fingerprint density at radius 1 is 1.23 bits per heavy atom. The third-order valence-corrected chi connectivity index (χ3v) is 4.90. The second kappa shape index (κ2) is 8.43. The number of hydrogen-bond acceptors (Lipinski definition) is 3. The minimum Gasteiger partial charge on any atom is -0.371 e. The van der Waals surface area contributed by atoms with Crippen molar-refractivity contribution in [1.29, 1.82) is 0 Å². The monoisotopic (exact) mass is 356 g/mol. The minimum absolute atomic E-state index is 0.0333. The smallest absolute Gasteiger partial charge is 0.241 e. The summed E-state index contributed by atoms with van der Waals surface area (Å²) in [6.45, 7) is 5.86. The maximum Gasteiger partial charge on any atom is 0.241 e. The predicted octanol–water partition coefficient (Wildman–Crippen LogP) is 3.79. The first-order chi connectivity index (χ1) is 12.6. The zero-order valence-corrected chi connectivity index (χ0v) is 15.2. The van der Waals surface area contributed by atoms with E-state index in [1.54, 1.807) is 12.1 Å². The number of nitrogens with zero attached hydrogens (tertiary/aromatic N) is 1. The molecule has 2 aromatic rings. The van der Waals surface area contributed by atoms with Crippen LogP contribution < -0.4 is 5.32 Å². The summed E-state index contributed by atoms with van der Waals surface area (Å²) in [5.74, 6) is -0.294. The van der Waals surface area contributed by atoms with Crippen molar-refractivity contribution in [3.05, 3.63) is 65.5 Å². The van der Waals surface area contributed by atoms with E-state index in [0.717, 1.165) is 17.7 Å². The van der Waals surface area contributed by atoms with E-state index in [4.69, 9.17) is 4.74 Å². The van der Waals surface area contributed by atoms with E-state index in [1.165, 1.54) is 17.7 Å². The van der Waals surface area contributed by atoms with E-state index in [1.807, 2.05) is 31.2 Å². The van der Waals surface area contributed by atoms with Crippen LogP contribution in [0.15, 0.2) is 48.5 Å². The molecular formula is C21H25FN2O2. The summed E-state index contributed by atoms with van der Waals surface area (Å²) in [5, 5.41) is 2.98. The Kier molecular flexibility index (Phi) is 6.01. The predicted molar refractivity (Wildman–Crippen MR) is 101 cm³/mol. The molecule has 4 nitrogen and oxygen atoms in total. The van der Waals surface area contributed by atoms with Crippen LogP contribution in [0.4, 0.5) is 10.1 Å². The molecule has 2 aromatic carbocycles. The SMILES string of the molecule is CCc1ccc(NC(=O)C(C)N2CCOC(c3ccc(F)cc3)C2)cc1. The number of aryl methyl sites for hydroxylation is 1. The fourth-order valence-corrected chi connectivity index (χ4v) is 3.14. The number of carbonyl (C=O) groups is 1. The van der Waals surface area contributed by atoms with Gasteiger partial charge in [-0.15, -0.1) is 0 Å². The van der Waals surface area contributed by atoms with E-state index < -0.39 is 0 Å². The van der Waals surface area contributed by atoms with Crippen LogP contribution in [0.25, 0.3) is 0 Å². The lowest BCUT2D eigenvalue weighted by Gasteiger charge is -2.36. The van der Waals surface area contributed by atoms with Crippen LogP contribution in [-0.2, 0) is 16.0 Å². The standard InChI is InChI=1S/C21H25FN2O2/c1-3-16-4-10-19(11-5-16)23-21(25)15(2)24-12-13-26-20(14-24)17-6-8-18(22)9-7-17/h4-11,15,20H,3,12-14H2,1-2H3,(H,23,25). The number of nitrogens with one attached hydrogen (secondary N) is 1. The molecule has 0 radical (unpaired) electrons. The third kappa shape index (κ3) is 4.48. The Balaban J connectivity index is 1.61. The van der Waals surface area contributed by atoms with Crippen molar-refractivity contribution in [3.8, 4) is 0 Å². The van der Waals surface area contributed by atoms with Gasteiger partial charge in [0.1, 0.15) is 5.82 Å². The molecule has 1 aliphatic rings. The van der Waals surface area contributed by atoms with Gasteiger partial charge in [0.05, 0.1) is 18.8 Å². The molecule has 1 amide bonds. The molecule has 0 saturated carbocycles. The highest BCUT2D eigenvalue weighted by molar-refractivity contribution is 5.94. The number of morpholine rings is 1. The molecule has 3 rings (SSSR count). The van der Waals surface area contributed by atoms with Crippen molar-refractivity contribution in [1.82, 2.24) is 4.90 Å². The van der Waals surface area contributed by atoms with Crippen molar-refractivity contribution in [3.63, 3.8) is 0 Å². The van der Waals surface area contributed by atoms with Gasteiger partial charge < -0.3 is 10.1 Å². The van der Waals surface area contributed by atoms with Crippen molar-refractivity contribution < 1.29 is 13.9 Å². The van der Waals surface area contributed by atoms with Crippen molar-refractivity contribution in [2.75, 3.05) is 25.0 Å². The summed E-state index contributed by atoms with van der Waals surface area (Å²) in [6, 6.07) is 14.0. The number of rotatable bonds is 5. The summed E-state index contributed by atoms with van der Waals surface area (Å²) in [7, 11) is 0. The average molecular weight is 356 g/mol. The number of carbonyl (C=O) groups excluding carboxylic acids is 1. The van der Waals surface area contributed by atoms with Crippen LogP contribution in [0, 0.1) is 5.82 Å². The van der Waals surface area contributed by atoms with Gasteiger partial charge in [-0.05, 0) is 48.7 Å². The molecule has 1 N–H and O–H groups in total. The van der Waals surface area contributed by atoms with Gasteiger partial charge in [0.25, 0.3) is 0 Å². The molecule has 26 heavy (non-hydrogen) atoms. The molecule has 0 spiro atoms. The van der Waals surface area contributed by atoms with Crippen LogP contribution in [0.5, 0.6) is 0 Å². The van der Waals surface area contributed by atoms with Gasteiger partial charge in [-0.1, -0.05) is 31.2 Å². The first-order valence-corrected chi connectivity index (χ1v) is 9.07. The second-order valence-electron chi connectivity index (χ2n) is 6.62. The van der Waals surface area contributed by atoms with Crippen LogP contribution in [0.1, 0.15) is 31.1 Å². The molecule has 1 saturated heterocycles. The topological polar surface area (TPSA) is 41.6 Å². The molecule has 1 heterocycles. The number of benzene rings is 2. The maximum absolute atomic E-state index is 13.1. The molecule has 138 valence electrons. The minimum atomic E-state index is -0.271. The summed E-state index contributed by atoms with van der Waals surface area (Å²) in [6.07, 6.45) is 0.826. The second-order valence-corrected chi connectivity index (χ2v) is 6.62. The fourth-order valence-electron chi connectivity index (χ4n) is 3.14.